The van der Waals surface area contributed by atoms with E-state index in [2.05, 4.69) is 26.6 Å². The van der Waals surface area contributed by atoms with Crippen LogP contribution in [0.2, 0.25) is 0 Å². The van der Waals surface area contributed by atoms with E-state index in [9.17, 15) is 43.8 Å². The minimum Gasteiger partial charge on any atom is -0.508 e. The Hall–Kier alpha value is -8.57. The van der Waals surface area contributed by atoms with Crippen LogP contribution >= 0.6 is 0 Å². The molecule has 4 heterocycles. The summed E-state index contributed by atoms with van der Waals surface area (Å²) < 4.78 is 29.7. The monoisotopic (exact) mass is 1100 g/mol. The van der Waals surface area contributed by atoms with E-state index in [1.807, 2.05) is 18.3 Å². The Morgan fingerprint density at radius 1 is 0.825 bits per heavy atom. The maximum absolute atomic E-state index is 14.4. The molecule has 0 bridgehead atoms. The van der Waals surface area contributed by atoms with Crippen LogP contribution in [0.4, 0.5) is 21.9 Å². The van der Waals surface area contributed by atoms with Crippen molar-refractivity contribution in [1.82, 2.24) is 25.8 Å². The summed E-state index contributed by atoms with van der Waals surface area (Å²) >= 11 is 0. The van der Waals surface area contributed by atoms with Crippen molar-refractivity contribution in [3.63, 3.8) is 0 Å². The minimum absolute atomic E-state index is 0.0699. The van der Waals surface area contributed by atoms with Gasteiger partial charge >= 0.3 is 6.09 Å². The van der Waals surface area contributed by atoms with Crippen molar-refractivity contribution in [3.8, 4) is 28.7 Å². The van der Waals surface area contributed by atoms with Gasteiger partial charge in [-0.05, 0) is 97.0 Å². The van der Waals surface area contributed by atoms with E-state index in [0.717, 1.165) is 28.9 Å². The van der Waals surface area contributed by atoms with Crippen molar-refractivity contribution in [2.24, 2.45) is 17.1 Å². The first-order chi connectivity index (χ1) is 38.4. The number of carbonyl (C=O) groups is 7. The van der Waals surface area contributed by atoms with E-state index in [-0.39, 0.29) is 90.6 Å². The van der Waals surface area contributed by atoms with Crippen LogP contribution in [-0.4, -0.2) is 146 Å². The van der Waals surface area contributed by atoms with Gasteiger partial charge in [-0.1, -0.05) is 38.1 Å². The van der Waals surface area contributed by atoms with Crippen molar-refractivity contribution >= 4 is 64.2 Å². The lowest BCUT2D eigenvalue weighted by Gasteiger charge is -2.31. The second kappa shape index (κ2) is 23.8. The van der Waals surface area contributed by atoms with Crippen LogP contribution in [0.3, 0.4) is 0 Å². The maximum atomic E-state index is 14.4. The molecule has 23 heteroatoms. The zero-order chi connectivity index (χ0) is 57.0. The molecule has 1 aliphatic carbocycles. The number of hydrogen-bond acceptors (Lipinski definition) is 16. The molecule has 9 rings (SSSR count). The Morgan fingerprint density at radius 2 is 1.50 bits per heavy atom. The van der Waals surface area contributed by atoms with Crippen LogP contribution < -0.4 is 56.2 Å². The van der Waals surface area contributed by atoms with Crippen LogP contribution in [0.1, 0.15) is 84.7 Å². The third-order valence-corrected chi connectivity index (χ3v) is 15.1. The number of ether oxygens (including phenoxy) is 5. The molecule has 0 aromatic heterocycles. The Labute approximate surface area is 462 Å². The number of nitrogens with one attached hydrogen (secondary N) is 5. The number of benzene rings is 4. The highest BCUT2D eigenvalue weighted by atomic mass is 16.6. The zero-order valence-electron chi connectivity index (χ0n) is 45.2. The average Bonchev–Trinajstić information content (AvgIpc) is 4.19. The Kier molecular flexibility index (Phi) is 16.7. The third kappa shape index (κ3) is 12.2. The number of fused-ring (bicyclic) bond motifs is 4. The van der Waals surface area contributed by atoms with Crippen LogP contribution in [0.15, 0.2) is 79.0 Å². The lowest BCUT2D eigenvalue weighted by atomic mass is 10.0. The fourth-order valence-corrected chi connectivity index (χ4v) is 10.4. The number of aromatic hydroxyl groups is 1. The first kappa shape index (κ1) is 56.2. The molecule has 424 valence electrons. The van der Waals surface area contributed by atoms with Crippen molar-refractivity contribution in [3.05, 3.63) is 101 Å². The number of aliphatic hydroxyl groups is 1. The Bertz CT molecular complexity index is 3070. The van der Waals surface area contributed by atoms with Gasteiger partial charge in [0.15, 0.2) is 29.2 Å². The smallest absolute Gasteiger partial charge is 0.416 e. The number of hydrogen-bond donors (Lipinski definition) is 8. The predicted octanol–water partition coefficient (Wildman–Crippen LogP) is 4.07. The molecule has 1 saturated carbocycles. The molecule has 4 aliphatic heterocycles. The number of nitrogens with two attached hydrogens (primary N) is 1. The molecule has 5 atom stereocenters. The normalized spacial score (nSPS) is 19.1. The Morgan fingerprint density at radius 3 is 2.15 bits per heavy atom. The molecule has 2 fully saturated rings. The highest BCUT2D eigenvalue weighted by Gasteiger charge is 2.58. The molecule has 1 unspecified atom stereocenters. The highest BCUT2D eigenvalue weighted by molar-refractivity contribution is 6.06. The predicted molar refractivity (Wildman–Crippen MR) is 292 cm³/mol. The van der Waals surface area contributed by atoms with Crippen molar-refractivity contribution in [2.45, 2.75) is 89.9 Å². The van der Waals surface area contributed by atoms with Gasteiger partial charge in [-0.15, -0.1) is 0 Å². The molecule has 4 aromatic carbocycles. The van der Waals surface area contributed by atoms with Gasteiger partial charge in [0.2, 0.25) is 23.6 Å². The summed E-state index contributed by atoms with van der Waals surface area (Å²) in [5.74, 6) is -1.81. The molecule has 4 aromatic rings. The van der Waals surface area contributed by atoms with E-state index >= 15 is 0 Å². The van der Waals surface area contributed by atoms with Crippen molar-refractivity contribution in [2.75, 3.05) is 69.1 Å². The number of methoxy groups -OCH3 is 2. The summed E-state index contributed by atoms with van der Waals surface area (Å²) in [7, 11) is 2.94. The minimum atomic E-state index is -1.48. The molecule has 7 amide bonds. The van der Waals surface area contributed by atoms with Crippen LogP contribution in [-0.2, 0) is 30.5 Å². The second-order valence-electron chi connectivity index (χ2n) is 21.0. The highest BCUT2D eigenvalue weighted by Crippen LogP contribution is 2.57. The molecule has 80 heavy (non-hydrogen) atoms. The summed E-state index contributed by atoms with van der Waals surface area (Å²) in [6.07, 6.45) is 2.75. The molecule has 9 N–H and O–H groups in total. The van der Waals surface area contributed by atoms with Gasteiger partial charge in [0.25, 0.3) is 11.8 Å². The number of anilines is 3. The molecule has 5 aliphatic rings. The van der Waals surface area contributed by atoms with Crippen LogP contribution in [0.5, 0.6) is 28.7 Å². The molecule has 0 radical (unpaired) electrons. The van der Waals surface area contributed by atoms with E-state index < -0.39 is 54.1 Å². The Balaban J connectivity index is 0.830. The van der Waals surface area contributed by atoms with E-state index in [1.54, 1.807) is 72.2 Å². The van der Waals surface area contributed by atoms with E-state index in [4.69, 9.17) is 29.4 Å². The fourth-order valence-electron chi connectivity index (χ4n) is 10.4. The van der Waals surface area contributed by atoms with Gasteiger partial charge in [0, 0.05) is 43.5 Å². The largest absolute Gasteiger partial charge is 0.508 e. The summed E-state index contributed by atoms with van der Waals surface area (Å²) in [4.78, 5) is 97.2. The lowest BCUT2D eigenvalue weighted by molar-refractivity contribution is -0.132. The molecular formula is C57H67N9O14. The summed E-state index contributed by atoms with van der Waals surface area (Å²) in [5.41, 5.74) is 9.18. The molecular weight excluding hydrogens is 1030 g/mol. The van der Waals surface area contributed by atoms with E-state index in [0.29, 0.717) is 66.4 Å². The first-order valence-corrected chi connectivity index (χ1v) is 26.6. The number of aliphatic hydroxyl groups excluding tert-OH is 1. The van der Waals surface area contributed by atoms with Gasteiger partial charge in [0.1, 0.15) is 24.4 Å². The summed E-state index contributed by atoms with van der Waals surface area (Å²) in [5, 5.41) is 35.5. The first-order valence-electron chi connectivity index (χ1n) is 26.6. The lowest BCUT2D eigenvalue weighted by Crippen LogP contribution is -2.55. The summed E-state index contributed by atoms with van der Waals surface area (Å²) in [6.45, 7) is 5.21. The van der Waals surface area contributed by atoms with Gasteiger partial charge < -0.3 is 76.0 Å². The number of carbonyl (C=O) groups excluding carboxylic acids is 7. The zero-order valence-corrected chi connectivity index (χ0v) is 45.2. The van der Waals surface area contributed by atoms with Crippen LogP contribution in [0.25, 0.3) is 5.57 Å². The topological polar surface area (TPSA) is 302 Å². The SMILES string of the molecule is COc1cc2c(cc1OCCCOc1cc3c(cc1OC)C(=O)N1CC4(CC4)C[C@H]1C(O)N3C(=O)OCc1ccc(NC(=O)[C@H](C)NC(=O)[C@@H](NC(=O)CNC(=O)CN)C(C)C)cc1)NC[C@@H]1CC(c3ccc(O)cc3)=CN1C2=O. The number of nitrogens with zero attached hydrogens (tertiary/aromatic N) is 3. The number of phenols is 1. The quantitative estimate of drug-likeness (QED) is 0.0579. The summed E-state index contributed by atoms with van der Waals surface area (Å²) in [6, 6.07) is 16.9. The fraction of sp³-hybridized carbons (Fsp3) is 0.421. The number of phenolic OH excluding ortho intramolecular Hbond substituents is 1. The maximum Gasteiger partial charge on any atom is 0.416 e. The average molecular weight is 1100 g/mol. The molecule has 1 spiro atoms. The third-order valence-electron chi connectivity index (χ3n) is 15.1. The van der Waals surface area contributed by atoms with Crippen molar-refractivity contribution in [1.29, 1.82) is 0 Å². The molecule has 23 nitrogen and oxygen atoms in total. The van der Waals surface area contributed by atoms with Gasteiger partial charge in [0.05, 0.1) is 75.1 Å². The van der Waals surface area contributed by atoms with Gasteiger partial charge in [-0.3, -0.25) is 28.8 Å². The van der Waals surface area contributed by atoms with Gasteiger partial charge in [-0.2, -0.15) is 0 Å². The number of amides is 7. The number of rotatable bonds is 20. The van der Waals surface area contributed by atoms with Gasteiger partial charge in [-0.25, -0.2) is 9.69 Å². The van der Waals surface area contributed by atoms with Crippen molar-refractivity contribution < 1.29 is 67.5 Å². The standard InChI is InChI=1S/C57H67N9O14/c1-31(2)50(63-49(69)27-60-48(68)25-58)52(71)61-32(3)51(70)62-36-11-7-33(8-12-36)29-80-56(75)66-42-23-47(45(77-5)21-40(42)54(73)65-30-57(15-16-57)24-43(65)55(66)74)79-18-6-17-78-46-22-41-39(20-44(46)76-4)53(72)64-28-35(19-37(64)26-59-41)34-9-13-38(67)14-10-34/h7-14,20-23,28,31-32,37,43,50,55,59,67,74H,6,15-19,24-27,29-30,58H2,1-5H3,(H,60,68)(H,61,71)(H,62,70)(H,63,69)/t32-,37-,43-,50-,55?/m0/s1. The molecule has 1 saturated heterocycles. The van der Waals surface area contributed by atoms with Crippen LogP contribution in [0, 0.1) is 11.3 Å². The van der Waals surface area contributed by atoms with E-state index in [1.165, 1.54) is 33.3 Å². The second-order valence-corrected chi connectivity index (χ2v) is 21.0.